The van der Waals surface area contributed by atoms with Crippen LogP contribution in [0.5, 0.6) is 0 Å². The molecule has 0 spiro atoms. The fraction of sp³-hybridized carbons (Fsp3) is 0.0909. The van der Waals surface area contributed by atoms with Crippen LogP contribution in [0.2, 0.25) is 5.02 Å². The maximum Gasteiger partial charge on any atom is 0.177 e. The molecule has 0 aliphatic rings. The molecule has 0 aliphatic carbocycles. The van der Waals surface area contributed by atoms with E-state index in [1.807, 2.05) is 6.07 Å². The second kappa shape index (κ2) is 4.47. The van der Waals surface area contributed by atoms with Crippen molar-refractivity contribution in [1.82, 2.24) is 9.78 Å². The molecule has 1 heterocycles. The molecule has 0 saturated carbocycles. The summed E-state index contributed by atoms with van der Waals surface area (Å²) in [6.45, 7) is 0. The second-order valence-corrected chi connectivity index (χ2v) is 4.58. The molecular formula is C11H6BrClFN3. The normalized spacial score (nSPS) is 10.3. The molecule has 0 fully saturated rings. The van der Waals surface area contributed by atoms with Gasteiger partial charge in [0.1, 0.15) is 11.9 Å². The fourth-order valence-electron chi connectivity index (χ4n) is 1.53. The highest BCUT2D eigenvalue weighted by Gasteiger charge is 2.16. The van der Waals surface area contributed by atoms with E-state index in [-0.39, 0.29) is 10.7 Å². The number of aromatic nitrogens is 2. The van der Waals surface area contributed by atoms with Crippen LogP contribution in [-0.2, 0) is 7.05 Å². The minimum Gasteiger partial charge on any atom is -0.265 e. The first kappa shape index (κ1) is 12.1. The summed E-state index contributed by atoms with van der Waals surface area (Å²) in [5.74, 6) is -0.478. The van der Waals surface area contributed by atoms with Crippen molar-refractivity contribution in [3.63, 3.8) is 0 Å². The van der Waals surface area contributed by atoms with Gasteiger partial charge in [-0.25, -0.2) is 4.39 Å². The molecule has 0 radical (unpaired) electrons. The molecule has 3 nitrogen and oxygen atoms in total. The number of hydrogen-bond donors (Lipinski definition) is 0. The molecule has 1 aromatic heterocycles. The SMILES string of the molecule is Cn1nc(C#N)c(Br)c1-c1ccc(F)c(Cl)c1. The standard InChI is InChI=1S/C11H6BrClFN3/c1-17-11(10(12)9(5-15)16-17)6-2-3-8(14)7(13)4-6/h2-4H,1H3. The van der Waals surface area contributed by atoms with Crippen LogP contribution >= 0.6 is 27.5 Å². The largest absolute Gasteiger partial charge is 0.265 e. The molecule has 0 N–H and O–H groups in total. The van der Waals surface area contributed by atoms with Gasteiger partial charge >= 0.3 is 0 Å². The number of nitrogens with zero attached hydrogens (tertiary/aromatic N) is 3. The maximum absolute atomic E-state index is 13.1. The molecule has 6 heteroatoms. The van der Waals surface area contributed by atoms with E-state index in [0.717, 1.165) is 0 Å². The van der Waals surface area contributed by atoms with Gasteiger partial charge in [0.25, 0.3) is 0 Å². The lowest BCUT2D eigenvalue weighted by Gasteiger charge is -2.04. The quantitative estimate of drug-likeness (QED) is 0.808. The minimum atomic E-state index is -0.478. The first-order valence-electron chi connectivity index (χ1n) is 4.62. The van der Waals surface area contributed by atoms with Gasteiger partial charge < -0.3 is 0 Å². The lowest BCUT2D eigenvalue weighted by atomic mass is 10.1. The Kier molecular flexibility index (Phi) is 3.18. The third-order valence-corrected chi connectivity index (χ3v) is 3.33. The molecule has 0 unspecified atom stereocenters. The summed E-state index contributed by atoms with van der Waals surface area (Å²) in [5.41, 5.74) is 1.66. The molecule has 86 valence electrons. The summed E-state index contributed by atoms with van der Waals surface area (Å²) in [6.07, 6.45) is 0. The maximum atomic E-state index is 13.1. The van der Waals surface area contributed by atoms with Crippen molar-refractivity contribution in [3.05, 3.63) is 39.2 Å². The van der Waals surface area contributed by atoms with E-state index in [1.54, 1.807) is 17.8 Å². The molecule has 2 rings (SSSR count). The van der Waals surface area contributed by atoms with E-state index in [9.17, 15) is 4.39 Å². The van der Waals surface area contributed by atoms with Crippen molar-refractivity contribution in [2.75, 3.05) is 0 Å². The highest BCUT2D eigenvalue weighted by Crippen LogP contribution is 2.32. The zero-order valence-electron chi connectivity index (χ0n) is 8.71. The molecule has 0 saturated heterocycles. The van der Waals surface area contributed by atoms with Crippen molar-refractivity contribution < 1.29 is 4.39 Å². The Morgan fingerprint density at radius 2 is 2.24 bits per heavy atom. The van der Waals surface area contributed by atoms with Crippen LogP contribution in [0.3, 0.4) is 0 Å². The third kappa shape index (κ3) is 2.06. The zero-order valence-corrected chi connectivity index (χ0v) is 11.0. The van der Waals surface area contributed by atoms with E-state index in [2.05, 4.69) is 21.0 Å². The summed E-state index contributed by atoms with van der Waals surface area (Å²) in [7, 11) is 1.71. The molecule has 0 amide bonds. The monoisotopic (exact) mass is 313 g/mol. The Balaban J connectivity index is 2.65. The highest BCUT2D eigenvalue weighted by atomic mass is 79.9. The predicted octanol–water partition coefficient (Wildman–Crippen LogP) is 3.51. The number of hydrogen-bond acceptors (Lipinski definition) is 2. The average Bonchev–Trinajstić information content (AvgIpc) is 2.58. The molecule has 2 aromatic rings. The van der Waals surface area contributed by atoms with Crippen LogP contribution in [0.15, 0.2) is 22.7 Å². The number of benzene rings is 1. The van der Waals surface area contributed by atoms with E-state index >= 15 is 0 Å². The Morgan fingerprint density at radius 1 is 1.53 bits per heavy atom. The first-order chi connectivity index (χ1) is 8.04. The van der Waals surface area contributed by atoms with E-state index in [1.165, 1.54) is 12.1 Å². The first-order valence-corrected chi connectivity index (χ1v) is 5.79. The van der Waals surface area contributed by atoms with Gasteiger partial charge in [-0.15, -0.1) is 0 Å². The smallest absolute Gasteiger partial charge is 0.177 e. The summed E-state index contributed by atoms with van der Waals surface area (Å²) in [6, 6.07) is 6.33. The molecule has 1 aromatic carbocycles. The molecule has 0 atom stereocenters. The van der Waals surface area contributed by atoms with Gasteiger partial charge in [0, 0.05) is 12.6 Å². The van der Waals surface area contributed by atoms with Gasteiger partial charge in [0.05, 0.1) is 15.2 Å². The Labute approximate surface area is 111 Å². The molecule has 0 aliphatic heterocycles. The summed E-state index contributed by atoms with van der Waals surface area (Å²) < 4.78 is 15.2. The van der Waals surface area contributed by atoms with Crippen molar-refractivity contribution in [3.8, 4) is 17.3 Å². The average molecular weight is 315 g/mol. The second-order valence-electron chi connectivity index (χ2n) is 3.38. The topological polar surface area (TPSA) is 41.6 Å². The fourth-order valence-corrected chi connectivity index (χ4v) is 2.36. The van der Waals surface area contributed by atoms with Crippen molar-refractivity contribution >= 4 is 27.5 Å². The van der Waals surface area contributed by atoms with E-state index in [0.29, 0.717) is 15.7 Å². The van der Waals surface area contributed by atoms with Crippen molar-refractivity contribution in [1.29, 1.82) is 5.26 Å². The summed E-state index contributed by atoms with van der Waals surface area (Å²) >= 11 is 9.02. The molecule has 0 bridgehead atoms. The molecule has 17 heavy (non-hydrogen) atoms. The summed E-state index contributed by atoms with van der Waals surface area (Å²) in [5, 5.41) is 12.9. The van der Waals surface area contributed by atoms with Crippen LogP contribution in [-0.4, -0.2) is 9.78 Å². The summed E-state index contributed by atoms with van der Waals surface area (Å²) in [4.78, 5) is 0. The number of nitriles is 1. The van der Waals surface area contributed by atoms with Crippen LogP contribution < -0.4 is 0 Å². The van der Waals surface area contributed by atoms with Gasteiger partial charge in [0.15, 0.2) is 5.69 Å². The number of aryl methyl sites for hydroxylation is 1. The van der Waals surface area contributed by atoms with Gasteiger partial charge in [0.2, 0.25) is 0 Å². The van der Waals surface area contributed by atoms with Crippen LogP contribution in [0, 0.1) is 17.1 Å². The van der Waals surface area contributed by atoms with Crippen molar-refractivity contribution in [2.45, 2.75) is 0 Å². The van der Waals surface area contributed by atoms with Gasteiger partial charge in [-0.3, -0.25) is 4.68 Å². The number of halogens is 3. The van der Waals surface area contributed by atoms with Gasteiger partial charge in [-0.05, 0) is 34.1 Å². The Bertz CT molecular complexity index is 630. The van der Waals surface area contributed by atoms with Gasteiger partial charge in [-0.1, -0.05) is 11.6 Å². The van der Waals surface area contributed by atoms with Crippen LogP contribution in [0.1, 0.15) is 5.69 Å². The number of rotatable bonds is 1. The highest BCUT2D eigenvalue weighted by molar-refractivity contribution is 9.10. The van der Waals surface area contributed by atoms with E-state index < -0.39 is 5.82 Å². The Morgan fingerprint density at radius 3 is 2.76 bits per heavy atom. The lowest BCUT2D eigenvalue weighted by molar-refractivity contribution is 0.628. The third-order valence-electron chi connectivity index (χ3n) is 2.29. The van der Waals surface area contributed by atoms with E-state index in [4.69, 9.17) is 16.9 Å². The Hall–Kier alpha value is -1.38. The predicted molar refractivity (Wildman–Crippen MR) is 66.0 cm³/mol. The van der Waals surface area contributed by atoms with Crippen LogP contribution in [0.4, 0.5) is 4.39 Å². The van der Waals surface area contributed by atoms with Gasteiger partial charge in [-0.2, -0.15) is 10.4 Å². The lowest BCUT2D eigenvalue weighted by Crippen LogP contribution is -1.94. The molecular weight excluding hydrogens is 308 g/mol. The van der Waals surface area contributed by atoms with Crippen molar-refractivity contribution in [2.24, 2.45) is 7.05 Å². The van der Waals surface area contributed by atoms with Crippen LogP contribution in [0.25, 0.3) is 11.3 Å². The zero-order chi connectivity index (χ0) is 12.6. The minimum absolute atomic E-state index is 0.0362.